The number of hydrogen-bond donors (Lipinski definition) is 1. The van der Waals surface area contributed by atoms with Crippen LogP contribution >= 0.6 is 0 Å². The second-order valence-electron chi connectivity index (χ2n) is 4.26. The van der Waals surface area contributed by atoms with Gasteiger partial charge in [-0.05, 0) is 24.1 Å². The Hall–Kier alpha value is -1.97. The maximum absolute atomic E-state index is 5.86. The lowest BCUT2D eigenvalue weighted by molar-refractivity contribution is 0.295. The minimum atomic E-state index is 0.527. The van der Waals surface area contributed by atoms with Gasteiger partial charge in [0.2, 0.25) is 0 Å². The Labute approximate surface area is 108 Å². The van der Waals surface area contributed by atoms with Gasteiger partial charge in [-0.2, -0.15) is 0 Å². The number of nitrogens with zero attached hydrogens (tertiary/aromatic N) is 2. The standard InChI is InChI=1S/C14H19N3O/c1-2-10-18-13-6-4-12(5-7-13)11-16-14(15)17-8-3-9-17/h2,4-7H,1,3,8-11H2,(H2,15,16). The van der Waals surface area contributed by atoms with Crippen molar-refractivity contribution in [1.82, 2.24) is 4.90 Å². The third kappa shape index (κ3) is 3.26. The fourth-order valence-corrected chi connectivity index (χ4v) is 1.66. The summed E-state index contributed by atoms with van der Waals surface area (Å²) in [7, 11) is 0. The van der Waals surface area contributed by atoms with Crippen LogP contribution in [0.5, 0.6) is 5.75 Å². The number of rotatable bonds is 5. The van der Waals surface area contributed by atoms with Crippen molar-refractivity contribution in [2.45, 2.75) is 13.0 Å². The Morgan fingerprint density at radius 1 is 1.39 bits per heavy atom. The van der Waals surface area contributed by atoms with Crippen LogP contribution < -0.4 is 10.5 Å². The van der Waals surface area contributed by atoms with Crippen molar-refractivity contribution in [2.75, 3.05) is 19.7 Å². The summed E-state index contributed by atoms with van der Waals surface area (Å²) in [6.07, 6.45) is 2.94. The number of likely N-dealkylation sites (tertiary alicyclic amines) is 1. The molecular formula is C14H19N3O. The van der Waals surface area contributed by atoms with Gasteiger partial charge in [-0.1, -0.05) is 24.8 Å². The van der Waals surface area contributed by atoms with Crippen LogP contribution in [-0.4, -0.2) is 30.6 Å². The smallest absolute Gasteiger partial charge is 0.191 e. The van der Waals surface area contributed by atoms with E-state index in [-0.39, 0.29) is 0 Å². The molecule has 1 heterocycles. The Morgan fingerprint density at radius 3 is 2.67 bits per heavy atom. The zero-order valence-electron chi connectivity index (χ0n) is 10.5. The van der Waals surface area contributed by atoms with Crippen molar-refractivity contribution in [3.63, 3.8) is 0 Å². The second kappa shape index (κ2) is 6.10. The van der Waals surface area contributed by atoms with Gasteiger partial charge >= 0.3 is 0 Å². The van der Waals surface area contributed by atoms with Crippen molar-refractivity contribution >= 4 is 5.96 Å². The highest BCUT2D eigenvalue weighted by Crippen LogP contribution is 2.13. The molecule has 0 atom stereocenters. The molecule has 0 aliphatic carbocycles. The molecule has 0 amide bonds. The van der Waals surface area contributed by atoms with Crippen molar-refractivity contribution in [1.29, 1.82) is 0 Å². The van der Waals surface area contributed by atoms with Crippen molar-refractivity contribution < 1.29 is 4.74 Å². The largest absolute Gasteiger partial charge is 0.490 e. The van der Waals surface area contributed by atoms with Gasteiger partial charge in [-0.3, -0.25) is 0 Å². The molecule has 1 aromatic carbocycles. The first-order chi connectivity index (χ1) is 8.79. The predicted octanol–water partition coefficient (Wildman–Crippen LogP) is 1.77. The van der Waals surface area contributed by atoms with Gasteiger partial charge in [0.1, 0.15) is 12.4 Å². The first kappa shape index (κ1) is 12.5. The van der Waals surface area contributed by atoms with E-state index in [1.165, 1.54) is 6.42 Å². The lowest BCUT2D eigenvalue weighted by atomic mass is 10.2. The molecule has 0 radical (unpaired) electrons. The molecule has 1 aromatic rings. The van der Waals surface area contributed by atoms with Gasteiger partial charge in [0, 0.05) is 13.1 Å². The van der Waals surface area contributed by atoms with E-state index >= 15 is 0 Å². The first-order valence-electron chi connectivity index (χ1n) is 6.17. The van der Waals surface area contributed by atoms with E-state index in [4.69, 9.17) is 10.5 Å². The number of guanidine groups is 1. The molecule has 0 saturated carbocycles. The molecule has 1 aliphatic heterocycles. The topological polar surface area (TPSA) is 50.9 Å². The normalized spacial score (nSPS) is 15.1. The number of nitrogens with two attached hydrogens (primary N) is 1. The van der Waals surface area contributed by atoms with Crippen LogP contribution in [0.25, 0.3) is 0 Å². The van der Waals surface area contributed by atoms with E-state index in [2.05, 4.69) is 16.5 Å². The van der Waals surface area contributed by atoms with Crippen LogP contribution in [-0.2, 0) is 6.54 Å². The average Bonchev–Trinajstić information content (AvgIpc) is 2.33. The van der Waals surface area contributed by atoms with Crippen molar-refractivity contribution in [3.8, 4) is 5.75 Å². The van der Waals surface area contributed by atoms with Gasteiger partial charge in [0.15, 0.2) is 5.96 Å². The fraction of sp³-hybridized carbons (Fsp3) is 0.357. The lowest BCUT2D eigenvalue weighted by Crippen LogP contribution is -2.46. The summed E-state index contributed by atoms with van der Waals surface area (Å²) in [4.78, 5) is 6.46. The Morgan fingerprint density at radius 2 is 2.11 bits per heavy atom. The van der Waals surface area contributed by atoms with E-state index < -0.39 is 0 Å². The number of ether oxygens (including phenoxy) is 1. The molecular weight excluding hydrogens is 226 g/mol. The van der Waals surface area contributed by atoms with Crippen LogP contribution in [0, 0.1) is 0 Å². The molecule has 4 heteroatoms. The molecule has 1 saturated heterocycles. The van der Waals surface area contributed by atoms with E-state index in [9.17, 15) is 0 Å². The molecule has 2 N–H and O–H groups in total. The summed E-state index contributed by atoms with van der Waals surface area (Å²) in [5.74, 6) is 1.49. The Bertz CT molecular complexity index is 421. The van der Waals surface area contributed by atoms with Gasteiger partial charge in [0.25, 0.3) is 0 Å². The maximum Gasteiger partial charge on any atom is 0.191 e. The van der Waals surface area contributed by atoms with Crippen LogP contribution in [0.4, 0.5) is 0 Å². The third-order valence-electron chi connectivity index (χ3n) is 2.89. The highest BCUT2D eigenvalue weighted by molar-refractivity contribution is 5.78. The summed E-state index contributed by atoms with van der Waals surface area (Å²) in [6.45, 7) is 6.82. The summed E-state index contributed by atoms with van der Waals surface area (Å²) in [5, 5.41) is 0. The number of hydrogen-bond acceptors (Lipinski definition) is 2. The molecule has 1 aliphatic rings. The quantitative estimate of drug-likeness (QED) is 0.488. The summed E-state index contributed by atoms with van der Waals surface area (Å²) in [5.41, 5.74) is 6.99. The number of aliphatic imine (C=N–C) groups is 1. The van der Waals surface area contributed by atoms with E-state index in [0.29, 0.717) is 19.1 Å². The second-order valence-corrected chi connectivity index (χ2v) is 4.26. The molecule has 1 fully saturated rings. The van der Waals surface area contributed by atoms with E-state index in [1.807, 2.05) is 24.3 Å². The van der Waals surface area contributed by atoms with Crippen LogP contribution in [0.1, 0.15) is 12.0 Å². The summed E-state index contributed by atoms with van der Waals surface area (Å²) < 4.78 is 5.41. The summed E-state index contributed by atoms with van der Waals surface area (Å²) >= 11 is 0. The molecule has 0 spiro atoms. The van der Waals surface area contributed by atoms with Crippen molar-refractivity contribution in [2.24, 2.45) is 10.7 Å². The van der Waals surface area contributed by atoms with E-state index in [1.54, 1.807) is 6.08 Å². The minimum Gasteiger partial charge on any atom is -0.490 e. The predicted molar refractivity (Wildman–Crippen MR) is 73.7 cm³/mol. The molecule has 4 nitrogen and oxygen atoms in total. The highest BCUT2D eigenvalue weighted by Gasteiger charge is 2.15. The number of benzene rings is 1. The zero-order chi connectivity index (χ0) is 12.8. The maximum atomic E-state index is 5.86. The highest BCUT2D eigenvalue weighted by atomic mass is 16.5. The third-order valence-corrected chi connectivity index (χ3v) is 2.89. The first-order valence-corrected chi connectivity index (χ1v) is 6.17. The summed E-state index contributed by atoms with van der Waals surface area (Å²) in [6, 6.07) is 7.89. The Kier molecular flexibility index (Phi) is 4.23. The molecule has 0 aromatic heterocycles. The molecule has 0 bridgehead atoms. The molecule has 96 valence electrons. The van der Waals surface area contributed by atoms with Crippen molar-refractivity contribution in [3.05, 3.63) is 42.5 Å². The molecule has 0 unspecified atom stereocenters. The Balaban J connectivity index is 1.87. The van der Waals surface area contributed by atoms with Gasteiger partial charge in [-0.15, -0.1) is 0 Å². The van der Waals surface area contributed by atoms with Gasteiger partial charge < -0.3 is 15.4 Å². The van der Waals surface area contributed by atoms with Gasteiger partial charge in [0.05, 0.1) is 6.54 Å². The van der Waals surface area contributed by atoms with Crippen LogP contribution in [0.3, 0.4) is 0 Å². The fourth-order valence-electron chi connectivity index (χ4n) is 1.66. The van der Waals surface area contributed by atoms with E-state index in [0.717, 1.165) is 24.4 Å². The minimum absolute atomic E-state index is 0.527. The van der Waals surface area contributed by atoms with Gasteiger partial charge in [-0.25, -0.2) is 4.99 Å². The molecule has 18 heavy (non-hydrogen) atoms. The SMILES string of the molecule is C=CCOc1ccc(CN=C(N)N2CCC2)cc1. The zero-order valence-corrected chi connectivity index (χ0v) is 10.5. The molecule has 2 rings (SSSR count). The van der Waals surface area contributed by atoms with Crippen LogP contribution in [0.15, 0.2) is 41.9 Å². The lowest BCUT2D eigenvalue weighted by Gasteiger charge is -2.31. The van der Waals surface area contributed by atoms with Crippen LogP contribution in [0.2, 0.25) is 0 Å². The monoisotopic (exact) mass is 245 g/mol. The average molecular weight is 245 g/mol.